The molecule has 2 N–H and O–H groups in total. The maximum absolute atomic E-state index is 5.48. The van der Waals surface area contributed by atoms with E-state index in [4.69, 9.17) is 5.73 Å². The van der Waals surface area contributed by atoms with Crippen molar-refractivity contribution in [1.82, 2.24) is 0 Å². The van der Waals surface area contributed by atoms with Gasteiger partial charge in [-0.15, -0.1) is 0 Å². The lowest BCUT2D eigenvalue weighted by Crippen LogP contribution is -2.08. The van der Waals surface area contributed by atoms with Crippen molar-refractivity contribution >= 4 is 11.8 Å². The monoisotopic (exact) mass is 202 g/mol. The van der Waals surface area contributed by atoms with Crippen LogP contribution in [-0.4, -0.2) is 18.6 Å². The third-order valence-corrected chi connectivity index (χ3v) is 3.01. The molecular weight excluding hydrogens is 178 g/mol. The highest BCUT2D eigenvalue weighted by Gasteiger charge is 2.12. The molecule has 0 rings (SSSR count). The second kappa shape index (κ2) is 8.89. The first-order valence-electron chi connectivity index (χ1n) is 5.26. The number of unbranched alkanes of at least 4 members (excludes halogenated alkanes) is 1. The first-order chi connectivity index (χ1) is 6.22. The number of hydrogen-bond acceptors (Lipinski definition) is 2. The van der Waals surface area contributed by atoms with Gasteiger partial charge in [-0.25, -0.2) is 0 Å². The van der Waals surface area contributed by atoms with Crippen molar-refractivity contribution in [2.45, 2.75) is 39.5 Å². The first-order valence-corrected chi connectivity index (χ1v) is 6.65. The van der Waals surface area contributed by atoms with E-state index in [2.05, 4.69) is 20.1 Å². The molecule has 13 heavy (non-hydrogen) atoms. The summed E-state index contributed by atoms with van der Waals surface area (Å²) in [5.41, 5.74) is 5.48. The summed E-state index contributed by atoms with van der Waals surface area (Å²) in [4.78, 5) is 0. The summed E-state index contributed by atoms with van der Waals surface area (Å²) < 4.78 is 0. The van der Waals surface area contributed by atoms with Crippen LogP contribution in [0.15, 0.2) is 0 Å². The van der Waals surface area contributed by atoms with Crippen molar-refractivity contribution in [1.29, 1.82) is 0 Å². The summed E-state index contributed by atoms with van der Waals surface area (Å²) in [6.45, 7) is 5.45. The Balaban J connectivity index is 3.54. The SMILES string of the molecule is CSCC[C](CCCCN)C(C)C. The van der Waals surface area contributed by atoms with Crippen LogP contribution in [-0.2, 0) is 0 Å². The van der Waals surface area contributed by atoms with Gasteiger partial charge in [0.05, 0.1) is 0 Å². The molecule has 0 amide bonds. The summed E-state index contributed by atoms with van der Waals surface area (Å²) >= 11 is 1.94. The van der Waals surface area contributed by atoms with Crippen LogP contribution in [0.2, 0.25) is 0 Å². The highest BCUT2D eigenvalue weighted by atomic mass is 32.2. The van der Waals surface area contributed by atoms with Crippen molar-refractivity contribution < 1.29 is 0 Å². The van der Waals surface area contributed by atoms with Gasteiger partial charge in [-0.05, 0) is 49.7 Å². The summed E-state index contributed by atoms with van der Waals surface area (Å²) in [5.74, 6) is 3.75. The molecule has 1 radical (unpaired) electrons. The standard InChI is InChI=1S/C11H24NS/c1-10(2)11(7-9-13-3)6-4-5-8-12/h10H,4-9,12H2,1-3H3. The zero-order valence-electron chi connectivity index (χ0n) is 9.31. The van der Waals surface area contributed by atoms with Crippen molar-refractivity contribution in [2.75, 3.05) is 18.6 Å². The molecule has 0 heterocycles. The molecular formula is C11H24NS. The largest absolute Gasteiger partial charge is 0.330 e. The maximum atomic E-state index is 5.48. The molecule has 0 saturated heterocycles. The molecule has 0 fully saturated rings. The van der Waals surface area contributed by atoms with Crippen LogP contribution in [0.4, 0.5) is 0 Å². The van der Waals surface area contributed by atoms with Gasteiger partial charge in [-0.1, -0.05) is 20.3 Å². The lowest BCUT2D eigenvalue weighted by molar-refractivity contribution is 0.543. The van der Waals surface area contributed by atoms with E-state index in [0.29, 0.717) is 0 Å². The van der Waals surface area contributed by atoms with E-state index in [9.17, 15) is 0 Å². The Hall–Kier alpha value is 0.310. The van der Waals surface area contributed by atoms with Crippen LogP contribution >= 0.6 is 11.8 Å². The number of nitrogens with two attached hydrogens (primary N) is 1. The highest BCUT2D eigenvalue weighted by Crippen LogP contribution is 2.25. The number of hydrogen-bond donors (Lipinski definition) is 1. The van der Waals surface area contributed by atoms with Gasteiger partial charge >= 0.3 is 0 Å². The highest BCUT2D eigenvalue weighted by molar-refractivity contribution is 7.98. The first kappa shape index (κ1) is 13.3. The maximum Gasteiger partial charge on any atom is -0.00647 e. The Bertz CT molecular complexity index is 104. The zero-order chi connectivity index (χ0) is 10.1. The molecule has 0 aliphatic carbocycles. The van der Waals surface area contributed by atoms with E-state index < -0.39 is 0 Å². The van der Waals surface area contributed by atoms with Crippen LogP contribution in [0.25, 0.3) is 0 Å². The van der Waals surface area contributed by atoms with E-state index >= 15 is 0 Å². The minimum Gasteiger partial charge on any atom is -0.330 e. The van der Waals surface area contributed by atoms with Gasteiger partial charge in [0.1, 0.15) is 0 Å². The van der Waals surface area contributed by atoms with Gasteiger partial charge in [0.15, 0.2) is 0 Å². The third kappa shape index (κ3) is 7.39. The minimum absolute atomic E-state index is 0.755. The molecule has 0 atom stereocenters. The van der Waals surface area contributed by atoms with Crippen LogP contribution in [0, 0.1) is 11.8 Å². The average Bonchev–Trinajstić information content (AvgIpc) is 2.10. The molecule has 0 bridgehead atoms. The molecule has 1 nitrogen and oxygen atoms in total. The second-order valence-electron chi connectivity index (χ2n) is 3.80. The quantitative estimate of drug-likeness (QED) is 0.612. The zero-order valence-corrected chi connectivity index (χ0v) is 10.1. The lowest BCUT2D eigenvalue weighted by atomic mass is 9.88. The molecule has 0 aromatic rings. The van der Waals surface area contributed by atoms with E-state index in [1.165, 1.54) is 31.4 Å². The van der Waals surface area contributed by atoms with Gasteiger partial charge in [0.25, 0.3) is 0 Å². The molecule has 79 valence electrons. The molecule has 0 aliphatic heterocycles. The summed E-state index contributed by atoms with van der Waals surface area (Å²) in [7, 11) is 0. The van der Waals surface area contributed by atoms with Crippen LogP contribution < -0.4 is 5.73 Å². The van der Waals surface area contributed by atoms with E-state index in [0.717, 1.165) is 12.5 Å². The number of rotatable bonds is 8. The minimum atomic E-state index is 0.755. The number of thioether (sulfide) groups is 1. The van der Waals surface area contributed by atoms with Crippen molar-refractivity contribution in [3.8, 4) is 0 Å². The molecule has 0 aromatic heterocycles. The summed E-state index contributed by atoms with van der Waals surface area (Å²) in [5, 5.41) is 0. The van der Waals surface area contributed by atoms with E-state index in [1.54, 1.807) is 5.92 Å². The topological polar surface area (TPSA) is 26.0 Å². The smallest absolute Gasteiger partial charge is 0.00647 e. The van der Waals surface area contributed by atoms with Crippen LogP contribution in [0.1, 0.15) is 39.5 Å². The van der Waals surface area contributed by atoms with Crippen LogP contribution in [0.3, 0.4) is 0 Å². The third-order valence-electron chi connectivity index (χ3n) is 2.40. The molecule has 0 aliphatic rings. The van der Waals surface area contributed by atoms with Crippen molar-refractivity contribution in [3.05, 3.63) is 5.92 Å². The predicted molar refractivity (Wildman–Crippen MR) is 64.0 cm³/mol. The van der Waals surface area contributed by atoms with Crippen LogP contribution in [0.5, 0.6) is 0 Å². The van der Waals surface area contributed by atoms with Crippen molar-refractivity contribution in [2.24, 2.45) is 11.7 Å². The van der Waals surface area contributed by atoms with Gasteiger partial charge < -0.3 is 5.73 Å². The van der Waals surface area contributed by atoms with Crippen molar-refractivity contribution in [3.63, 3.8) is 0 Å². The average molecular weight is 202 g/mol. The summed E-state index contributed by atoms with van der Waals surface area (Å²) in [6, 6.07) is 0. The van der Waals surface area contributed by atoms with Gasteiger partial charge in [0, 0.05) is 0 Å². The Morgan fingerprint density at radius 3 is 2.38 bits per heavy atom. The molecule has 0 unspecified atom stereocenters. The van der Waals surface area contributed by atoms with Gasteiger partial charge in [-0.2, -0.15) is 11.8 Å². The van der Waals surface area contributed by atoms with Gasteiger partial charge in [-0.3, -0.25) is 0 Å². The summed E-state index contributed by atoms with van der Waals surface area (Å²) in [6.07, 6.45) is 7.21. The predicted octanol–water partition coefficient (Wildman–Crippen LogP) is 3.10. The van der Waals surface area contributed by atoms with Gasteiger partial charge in [0.2, 0.25) is 0 Å². The molecule has 2 heteroatoms. The Morgan fingerprint density at radius 1 is 1.23 bits per heavy atom. The Labute approximate surface area is 87.9 Å². The Kier molecular flexibility index (Phi) is 9.10. The fourth-order valence-electron chi connectivity index (χ4n) is 1.43. The fourth-order valence-corrected chi connectivity index (χ4v) is 1.90. The molecule has 0 saturated carbocycles. The lowest BCUT2D eigenvalue weighted by Gasteiger charge is -2.19. The normalized spacial score (nSPS) is 11.5. The van der Waals surface area contributed by atoms with E-state index in [1.807, 2.05) is 11.8 Å². The molecule has 0 aromatic carbocycles. The fraction of sp³-hybridized carbons (Fsp3) is 0.909. The molecule has 0 spiro atoms. The Morgan fingerprint density at radius 2 is 1.92 bits per heavy atom. The van der Waals surface area contributed by atoms with E-state index in [-0.39, 0.29) is 0 Å². The second-order valence-corrected chi connectivity index (χ2v) is 4.79.